The smallest absolute Gasteiger partial charge is 0.387 e. The van der Waals surface area contributed by atoms with E-state index in [2.05, 4.69) is 20.1 Å². The normalized spacial score (nSPS) is 30.7. The Bertz CT molecular complexity index is 659. The summed E-state index contributed by atoms with van der Waals surface area (Å²) in [6, 6.07) is 0. The lowest BCUT2D eigenvalue weighted by Gasteiger charge is -2.22. The van der Waals surface area contributed by atoms with Gasteiger partial charge in [-0.3, -0.25) is 13.9 Å². The van der Waals surface area contributed by atoms with E-state index < -0.39 is 44.9 Å². The van der Waals surface area contributed by atoms with Crippen molar-refractivity contribution in [2.24, 2.45) is 0 Å². The van der Waals surface area contributed by atoms with E-state index in [0.29, 0.717) is 5.82 Å². The molecule has 23 heavy (non-hydrogen) atoms. The van der Waals surface area contributed by atoms with Gasteiger partial charge in [-0.05, 0) is 0 Å². The molecule has 4 unspecified atom stereocenters. The van der Waals surface area contributed by atoms with Crippen LogP contribution >= 0.6 is 7.82 Å². The number of nitrogens with one attached hydrogen (secondary N) is 2. The molecule has 3 rings (SSSR count). The SMILES string of the molecule is O=C1NCNc2c1ncn2C1OC(COP(=O)(O)O)C(O)C1O. The summed E-state index contributed by atoms with van der Waals surface area (Å²) < 4.78 is 21.8. The number of rotatable bonds is 4. The predicted octanol–water partition coefficient (Wildman–Crippen LogP) is -2.28. The zero-order valence-corrected chi connectivity index (χ0v) is 12.5. The molecule has 0 bridgehead atoms. The first kappa shape index (κ1) is 16.3. The van der Waals surface area contributed by atoms with Gasteiger partial charge in [-0.2, -0.15) is 0 Å². The lowest BCUT2D eigenvalue weighted by atomic mass is 10.1. The van der Waals surface area contributed by atoms with Crippen molar-refractivity contribution in [1.29, 1.82) is 0 Å². The molecule has 0 spiro atoms. The highest BCUT2D eigenvalue weighted by Crippen LogP contribution is 2.39. The average Bonchev–Trinajstić information content (AvgIpc) is 3.01. The summed E-state index contributed by atoms with van der Waals surface area (Å²) in [7, 11) is -4.73. The van der Waals surface area contributed by atoms with Crippen LogP contribution in [-0.4, -0.2) is 67.0 Å². The summed E-state index contributed by atoms with van der Waals surface area (Å²) in [5.74, 6) is -0.0894. The monoisotopic (exact) mass is 350 g/mol. The first-order valence-electron chi connectivity index (χ1n) is 6.58. The van der Waals surface area contributed by atoms with E-state index in [-0.39, 0.29) is 12.4 Å². The van der Waals surface area contributed by atoms with Crippen molar-refractivity contribution < 1.29 is 38.6 Å². The van der Waals surface area contributed by atoms with Crippen LogP contribution in [0.1, 0.15) is 16.7 Å². The summed E-state index contributed by atoms with van der Waals surface area (Å²) in [5, 5.41) is 25.4. The molecule has 4 atom stereocenters. The van der Waals surface area contributed by atoms with Crippen molar-refractivity contribution in [1.82, 2.24) is 14.9 Å². The Labute approximate surface area is 129 Å². The molecule has 2 aliphatic rings. The maximum Gasteiger partial charge on any atom is 0.469 e. The van der Waals surface area contributed by atoms with Gasteiger partial charge in [0.2, 0.25) is 0 Å². The lowest BCUT2D eigenvalue weighted by Crippen LogP contribution is -2.37. The Morgan fingerprint density at radius 3 is 2.83 bits per heavy atom. The van der Waals surface area contributed by atoms with Gasteiger partial charge in [0.1, 0.15) is 24.1 Å². The standard InChI is InChI=1S/C10H15N4O8P/c15-6-4(1-21-23(18,19)20)22-10(7(6)16)14-3-13-5-8(14)11-2-12-9(5)17/h3-4,6-7,10-11,15-16H,1-2H2,(H,12,17)(H2,18,19,20). The summed E-state index contributed by atoms with van der Waals surface area (Å²) in [4.78, 5) is 32.9. The number of phosphoric ester groups is 1. The first-order chi connectivity index (χ1) is 10.8. The number of aliphatic hydroxyl groups is 2. The van der Waals surface area contributed by atoms with Crippen molar-refractivity contribution in [3.05, 3.63) is 12.0 Å². The summed E-state index contributed by atoms with van der Waals surface area (Å²) in [6.45, 7) is -0.447. The van der Waals surface area contributed by atoms with Crippen molar-refractivity contribution in [3.63, 3.8) is 0 Å². The minimum atomic E-state index is -4.73. The van der Waals surface area contributed by atoms with Gasteiger partial charge in [-0.1, -0.05) is 0 Å². The van der Waals surface area contributed by atoms with Crippen LogP contribution < -0.4 is 10.6 Å². The third kappa shape index (κ3) is 3.10. The van der Waals surface area contributed by atoms with Crippen LogP contribution in [0.15, 0.2) is 6.33 Å². The second kappa shape index (κ2) is 5.83. The average molecular weight is 350 g/mol. The molecule has 6 N–H and O–H groups in total. The Hall–Kier alpha value is -1.53. The van der Waals surface area contributed by atoms with E-state index in [4.69, 9.17) is 14.5 Å². The molecule has 2 aliphatic heterocycles. The van der Waals surface area contributed by atoms with Crippen molar-refractivity contribution >= 4 is 19.5 Å². The largest absolute Gasteiger partial charge is 0.469 e. The molecular formula is C10H15N4O8P. The number of hydrogen-bond acceptors (Lipinski definition) is 8. The Balaban J connectivity index is 1.79. The fraction of sp³-hybridized carbons (Fsp3) is 0.600. The van der Waals surface area contributed by atoms with Gasteiger partial charge in [-0.25, -0.2) is 9.55 Å². The fourth-order valence-corrected chi connectivity index (χ4v) is 2.80. The number of carbonyl (C=O) groups excluding carboxylic acids is 1. The molecule has 13 heteroatoms. The van der Waals surface area contributed by atoms with Crippen LogP contribution in [0.3, 0.4) is 0 Å². The predicted molar refractivity (Wildman–Crippen MR) is 72.1 cm³/mol. The summed E-state index contributed by atoms with van der Waals surface area (Å²) in [6.07, 6.45) is -3.81. The van der Waals surface area contributed by atoms with Crippen LogP contribution in [0, 0.1) is 0 Å². The van der Waals surface area contributed by atoms with Gasteiger partial charge < -0.3 is 35.4 Å². The third-order valence-corrected chi connectivity index (χ3v) is 4.02. The van der Waals surface area contributed by atoms with E-state index in [1.54, 1.807) is 0 Å². The molecule has 0 saturated carbocycles. The van der Waals surface area contributed by atoms with E-state index in [0.717, 1.165) is 0 Å². The highest BCUT2D eigenvalue weighted by molar-refractivity contribution is 7.46. The van der Waals surface area contributed by atoms with Crippen LogP contribution in [0.4, 0.5) is 5.82 Å². The Kier molecular flexibility index (Phi) is 4.14. The lowest BCUT2D eigenvalue weighted by molar-refractivity contribution is -0.0512. The number of nitrogens with zero attached hydrogens (tertiary/aromatic N) is 2. The molecule has 1 aromatic rings. The second-order valence-electron chi connectivity index (χ2n) is 5.04. The number of carbonyl (C=O) groups is 1. The van der Waals surface area contributed by atoms with Crippen molar-refractivity contribution in [3.8, 4) is 0 Å². The number of aliphatic hydroxyl groups excluding tert-OH is 2. The molecule has 1 saturated heterocycles. The molecule has 3 heterocycles. The molecular weight excluding hydrogens is 335 g/mol. The second-order valence-corrected chi connectivity index (χ2v) is 6.28. The maximum atomic E-state index is 11.7. The number of fused-ring (bicyclic) bond motifs is 1. The zero-order chi connectivity index (χ0) is 16.8. The van der Waals surface area contributed by atoms with Crippen LogP contribution in [0.5, 0.6) is 0 Å². The molecule has 0 aromatic carbocycles. The number of ether oxygens (including phenoxy) is 1. The fourth-order valence-electron chi connectivity index (χ4n) is 2.45. The molecule has 128 valence electrons. The van der Waals surface area contributed by atoms with Gasteiger partial charge >= 0.3 is 7.82 Å². The topological polar surface area (TPSA) is 175 Å². The Morgan fingerprint density at radius 2 is 2.13 bits per heavy atom. The maximum absolute atomic E-state index is 11.7. The number of amides is 1. The first-order valence-corrected chi connectivity index (χ1v) is 8.11. The van der Waals surface area contributed by atoms with Crippen molar-refractivity contribution in [2.75, 3.05) is 18.6 Å². The van der Waals surface area contributed by atoms with E-state index in [1.807, 2.05) is 0 Å². The van der Waals surface area contributed by atoms with Crippen LogP contribution in [0.2, 0.25) is 0 Å². The molecule has 0 aliphatic carbocycles. The van der Waals surface area contributed by atoms with Gasteiger partial charge in [0.25, 0.3) is 5.91 Å². The summed E-state index contributed by atoms with van der Waals surface area (Å²) in [5.41, 5.74) is 0.108. The molecule has 1 fully saturated rings. The molecule has 1 aromatic heterocycles. The Morgan fingerprint density at radius 1 is 1.39 bits per heavy atom. The molecule has 12 nitrogen and oxygen atoms in total. The zero-order valence-electron chi connectivity index (χ0n) is 11.6. The van der Waals surface area contributed by atoms with E-state index >= 15 is 0 Å². The molecule has 0 radical (unpaired) electrons. The highest BCUT2D eigenvalue weighted by atomic mass is 31.2. The van der Waals surface area contributed by atoms with Gasteiger partial charge in [0.05, 0.1) is 19.6 Å². The number of hydrogen-bond donors (Lipinski definition) is 6. The quantitative estimate of drug-likeness (QED) is 0.325. The van der Waals surface area contributed by atoms with E-state index in [1.165, 1.54) is 10.9 Å². The van der Waals surface area contributed by atoms with Crippen LogP contribution in [-0.2, 0) is 13.8 Å². The summed E-state index contributed by atoms with van der Waals surface area (Å²) >= 11 is 0. The van der Waals surface area contributed by atoms with Crippen molar-refractivity contribution in [2.45, 2.75) is 24.5 Å². The minimum absolute atomic E-state index is 0.108. The van der Waals surface area contributed by atoms with Crippen LogP contribution in [0.25, 0.3) is 0 Å². The van der Waals surface area contributed by atoms with Gasteiger partial charge in [0, 0.05) is 0 Å². The highest BCUT2D eigenvalue weighted by Gasteiger charge is 2.45. The third-order valence-electron chi connectivity index (χ3n) is 3.53. The molecule has 1 amide bonds. The van der Waals surface area contributed by atoms with E-state index in [9.17, 15) is 19.6 Å². The number of anilines is 1. The number of imidazole rings is 1. The number of phosphoric acid groups is 1. The number of aromatic nitrogens is 2. The van der Waals surface area contributed by atoms with Gasteiger partial charge in [-0.15, -0.1) is 0 Å². The van der Waals surface area contributed by atoms with Gasteiger partial charge in [0.15, 0.2) is 11.9 Å². The minimum Gasteiger partial charge on any atom is -0.387 e.